The SMILES string of the molecule is COc1ccc(C2CCNc3nccn32)c(OC)c1. The molecule has 1 aromatic carbocycles. The zero-order valence-corrected chi connectivity index (χ0v) is 11.1. The number of methoxy groups -OCH3 is 2. The van der Waals surface area contributed by atoms with Crippen LogP contribution in [0.15, 0.2) is 30.6 Å². The van der Waals surface area contributed by atoms with Crippen molar-refractivity contribution in [2.45, 2.75) is 12.5 Å². The summed E-state index contributed by atoms with van der Waals surface area (Å²) in [6.07, 6.45) is 4.82. The summed E-state index contributed by atoms with van der Waals surface area (Å²) in [4.78, 5) is 4.31. The Morgan fingerprint density at radius 1 is 1.32 bits per heavy atom. The fourth-order valence-electron chi connectivity index (χ4n) is 2.56. The van der Waals surface area contributed by atoms with E-state index in [1.807, 2.05) is 24.5 Å². The minimum absolute atomic E-state index is 0.250. The minimum Gasteiger partial charge on any atom is -0.497 e. The summed E-state index contributed by atoms with van der Waals surface area (Å²) in [5.41, 5.74) is 1.16. The fraction of sp³-hybridized carbons (Fsp3) is 0.357. The molecule has 0 amide bonds. The van der Waals surface area contributed by atoms with Gasteiger partial charge >= 0.3 is 0 Å². The Labute approximate surface area is 112 Å². The molecule has 19 heavy (non-hydrogen) atoms. The van der Waals surface area contributed by atoms with Gasteiger partial charge in [0.05, 0.1) is 20.3 Å². The molecule has 2 aromatic rings. The van der Waals surface area contributed by atoms with Crippen LogP contribution in [-0.2, 0) is 0 Å². The van der Waals surface area contributed by atoms with Gasteiger partial charge in [-0.25, -0.2) is 4.98 Å². The number of rotatable bonds is 3. The highest BCUT2D eigenvalue weighted by Gasteiger charge is 2.24. The molecular weight excluding hydrogens is 242 g/mol. The van der Waals surface area contributed by atoms with E-state index in [0.717, 1.165) is 36.0 Å². The van der Waals surface area contributed by atoms with Crippen LogP contribution in [0.25, 0.3) is 0 Å². The Morgan fingerprint density at radius 3 is 3.00 bits per heavy atom. The highest BCUT2D eigenvalue weighted by atomic mass is 16.5. The second kappa shape index (κ2) is 4.84. The molecule has 3 rings (SSSR count). The van der Waals surface area contributed by atoms with Crippen LogP contribution in [0.2, 0.25) is 0 Å². The topological polar surface area (TPSA) is 48.3 Å². The summed E-state index contributed by atoms with van der Waals surface area (Å²) >= 11 is 0. The molecule has 1 aliphatic heterocycles. The zero-order valence-electron chi connectivity index (χ0n) is 11.1. The van der Waals surface area contributed by atoms with E-state index in [2.05, 4.69) is 20.9 Å². The van der Waals surface area contributed by atoms with Crippen molar-refractivity contribution in [2.24, 2.45) is 0 Å². The van der Waals surface area contributed by atoms with Gasteiger partial charge < -0.3 is 19.4 Å². The Kier molecular flexibility index (Phi) is 3.03. The first-order chi connectivity index (χ1) is 9.33. The predicted molar refractivity (Wildman–Crippen MR) is 73.0 cm³/mol. The summed E-state index contributed by atoms with van der Waals surface area (Å²) in [6.45, 7) is 0.914. The Hall–Kier alpha value is -2.17. The molecule has 5 nitrogen and oxygen atoms in total. The first kappa shape index (κ1) is 11.9. The molecule has 5 heteroatoms. The van der Waals surface area contributed by atoms with Crippen LogP contribution in [0.3, 0.4) is 0 Å². The number of nitrogens with one attached hydrogen (secondary N) is 1. The molecule has 0 saturated heterocycles. The molecular formula is C14H17N3O2. The van der Waals surface area contributed by atoms with E-state index in [1.54, 1.807) is 14.2 Å². The van der Waals surface area contributed by atoms with Crippen molar-refractivity contribution in [1.29, 1.82) is 0 Å². The number of benzene rings is 1. The third-order valence-electron chi connectivity index (χ3n) is 3.50. The molecule has 0 fully saturated rings. The van der Waals surface area contributed by atoms with Crippen LogP contribution >= 0.6 is 0 Å². The molecule has 1 N–H and O–H groups in total. The quantitative estimate of drug-likeness (QED) is 0.919. The highest BCUT2D eigenvalue weighted by Crippen LogP contribution is 2.36. The molecule has 1 aromatic heterocycles. The maximum absolute atomic E-state index is 5.50. The van der Waals surface area contributed by atoms with Gasteiger partial charge in [-0.1, -0.05) is 0 Å². The van der Waals surface area contributed by atoms with Crippen molar-refractivity contribution < 1.29 is 9.47 Å². The zero-order chi connectivity index (χ0) is 13.2. The normalized spacial score (nSPS) is 17.5. The summed E-state index contributed by atoms with van der Waals surface area (Å²) in [5.74, 6) is 2.57. The molecule has 1 atom stereocenters. The lowest BCUT2D eigenvalue weighted by molar-refractivity contribution is 0.383. The number of nitrogens with zero attached hydrogens (tertiary/aromatic N) is 2. The third kappa shape index (κ3) is 2.01. The van der Waals surface area contributed by atoms with Gasteiger partial charge in [0.1, 0.15) is 11.5 Å². The smallest absolute Gasteiger partial charge is 0.203 e. The molecule has 0 spiro atoms. The molecule has 1 unspecified atom stereocenters. The van der Waals surface area contributed by atoms with Crippen LogP contribution < -0.4 is 14.8 Å². The Bertz CT molecular complexity index is 580. The fourth-order valence-corrected chi connectivity index (χ4v) is 2.56. The van der Waals surface area contributed by atoms with Crippen LogP contribution in [0.5, 0.6) is 11.5 Å². The van der Waals surface area contributed by atoms with E-state index in [-0.39, 0.29) is 6.04 Å². The maximum Gasteiger partial charge on any atom is 0.203 e. The van der Waals surface area contributed by atoms with Gasteiger partial charge in [-0.05, 0) is 18.6 Å². The van der Waals surface area contributed by atoms with E-state index in [9.17, 15) is 0 Å². The van der Waals surface area contributed by atoms with Crippen molar-refractivity contribution >= 4 is 5.95 Å². The van der Waals surface area contributed by atoms with E-state index < -0.39 is 0 Å². The molecule has 2 heterocycles. The monoisotopic (exact) mass is 259 g/mol. The average Bonchev–Trinajstić information content (AvgIpc) is 2.95. The first-order valence-electron chi connectivity index (χ1n) is 6.32. The number of hydrogen-bond donors (Lipinski definition) is 1. The standard InChI is InChI=1S/C14H17N3O2/c1-18-10-3-4-11(13(9-10)19-2)12-5-6-15-14-16-7-8-17(12)14/h3-4,7-9,12H,5-6H2,1-2H3,(H,15,16). The molecule has 1 aliphatic rings. The van der Waals surface area contributed by atoms with Crippen molar-refractivity contribution in [3.8, 4) is 11.5 Å². The predicted octanol–water partition coefficient (Wildman–Crippen LogP) is 2.31. The Balaban J connectivity index is 2.04. The second-order valence-electron chi connectivity index (χ2n) is 4.50. The lowest BCUT2D eigenvalue weighted by Gasteiger charge is -2.27. The summed E-state index contributed by atoms with van der Waals surface area (Å²) in [6, 6.07) is 6.21. The van der Waals surface area contributed by atoms with Crippen LogP contribution in [0.1, 0.15) is 18.0 Å². The highest BCUT2D eigenvalue weighted by molar-refractivity contribution is 5.45. The van der Waals surface area contributed by atoms with Gasteiger partial charge in [-0.15, -0.1) is 0 Å². The van der Waals surface area contributed by atoms with Crippen molar-refractivity contribution in [2.75, 3.05) is 26.1 Å². The number of anilines is 1. The number of ether oxygens (including phenoxy) is 2. The largest absolute Gasteiger partial charge is 0.497 e. The van der Waals surface area contributed by atoms with E-state index in [0.29, 0.717) is 0 Å². The second-order valence-corrected chi connectivity index (χ2v) is 4.50. The third-order valence-corrected chi connectivity index (χ3v) is 3.50. The van der Waals surface area contributed by atoms with Crippen molar-refractivity contribution in [3.05, 3.63) is 36.2 Å². The molecule has 100 valence electrons. The van der Waals surface area contributed by atoms with Gasteiger partial charge in [0, 0.05) is 30.6 Å². The van der Waals surface area contributed by atoms with Crippen LogP contribution in [0, 0.1) is 0 Å². The van der Waals surface area contributed by atoms with Gasteiger partial charge in [0.15, 0.2) is 0 Å². The molecule has 0 bridgehead atoms. The maximum atomic E-state index is 5.50. The molecule has 0 radical (unpaired) electrons. The van der Waals surface area contributed by atoms with E-state index in [4.69, 9.17) is 9.47 Å². The lowest BCUT2D eigenvalue weighted by atomic mass is 10.0. The first-order valence-corrected chi connectivity index (χ1v) is 6.32. The summed E-state index contributed by atoms with van der Waals surface area (Å²) in [7, 11) is 3.35. The van der Waals surface area contributed by atoms with Gasteiger partial charge in [0.25, 0.3) is 0 Å². The van der Waals surface area contributed by atoms with E-state index in [1.165, 1.54) is 0 Å². The van der Waals surface area contributed by atoms with Crippen LogP contribution in [0.4, 0.5) is 5.95 Å². The van der Waals surface area contributed by atoms with Gasteiger partial charge in [0.2, 0.25) is 5.95 Å². The lowest BCUT2D eigenvalue weighted by Crippen LogP contribution is -2.23. The summed E-state index contributed by atoms with van der Waals surface area (Å²) < 4.78 is 12.9. The van der Waals surface area contributed by atoms with Crippen LogP contribution in [-0.4, -0.2) is 30.3 Å². The number of fused-ring (bicyclic) bond motifs is 1. The number of aromatic nitrogens is 2. The number of hydrogen-bond acceptors (Lipinski definition) is 4. The summed E-state index contributed by atoms with van der Waals surface area (Å²) in [5, 5.41) is 3.29. The van der Waals surface area contributed by atoms with Gasteiger partial charge in [-0.2, -0.15) is 0 Å². The Morgan fingerprint density at radius 2 is 2.21 bits per heavy atom. The molecule has 0 aliphatic carbocycles. The number of imidazole rings is 1. The molecule has 0 saturated carbocycles. The van der Waals surface area contributed by atoms with Crippen molar-refractivity contribution in [1.82, 2.24) is 9.55 Å². The average molecular weight is 259 g/mol. The minimum atomic E-state index is 0.250. The van der Waals surface area contributed by atoms with Crippen molar-refractivity contribution in [3.63, 3.8) is 0 Å². The van der Waals surface area contributed by atoms with E-state index >= 15 is 0 Å². The van der Waals surface area contributed by atoms with Gasteiger partial charge in [-0.3, -0.25) is 0 Å².